The van der Waals surface area contributed by atoms with Crippen LogP contribution in [0.2, 0.25) is 5.02 Å². The van der Waals surface area contributed by atoms with Gasteiger partial charge in [-0.1, -0.05) is 23.7 Å². The van der Waals surface area contributed by atoms with Crippen LogP contribution in [0.25, 0.3) is 11.4 Å². The molecule has 5 nitrogen and oxygen atoms in total. The Morgan fingerprint density at radius 2 is 1.96 bits per heavy atom. The predicted octanol–water partition coefficient (Wildman–Crippen LogP) is 4.51. The van der Waals surface area contributed by atoms with Gasteiger partial charge in [0.2, 0.25) is 5.13 Å². The summed E-state index contributed by atoms with van der Waals surface area (Å²) in [5.74, 6) is 1.04. The Kier molecular flexibility index (Phi) is 5.08. The van der Waals surface area contributed by atoms with Gasteiger partial charge in [0.25, 0.3) is 5.91 Å². The lowest BCUT2D eigenvalue weighted by atomic mass is 10.2. The highest BCUT2D eigenvalue weighted by molar-refractivity contribution is 7.10. The van der Waals surface area contributed by atoms with Crippen molar-refractivity contribution >= 4 is 34.2 Å². The molecule has 0 saturated carbocycles. The largest absolute Gasteiger partial charge is 0.494 e. The third kappa shape index (κ3) is 3.72. The fourth-order valence-corrected chi connectivity index (χ4v) is 2.87. The maximum atomic E-state index is 12.2. The predicted molar refractivity (Wildman–Crippen MR) is 95.9 cm³/mol. The smallest absolute Gasteiger partial charge is 0.258 e. The lowest BCUT2D eigenvalue weighted by molar-refractivity contribution is 0.102. The zero-order valence-corrected chi connectivity index (χ0v) is 14.4. The van der Waals surface area contributed by atoms with E-state index < -0.39 is 0 Å². The normalized spacial score (nSPS) is 10.4. The summed E-state index contributed by atoms with van der Waals surface area (Å²) in [4.78, 5) is 16.6. The first-order chi connectivity index (χ1) is 11.7. The van der Waals surface area contributed by atoms with E-state index in [0.717, 1.165) is 22.8 Å². The Morgan fingerprint density at radius 1 is 1.21 bits per heavy atom. The summed E-state index contributed by atoms with van der Waals surface area (Å²) in [6.45, 7) is 2.55. The maximum Gasteiger partial charge on any atom is 0.258 e. The number of aromatic nitrogens is 2. The van der Waals surface area contributed by atoms with Crippen LogP contribution in [0.1, 0.15) is 17.3 Å². The molecule has 0 unspecified atom stereocenters. The Balaban J connectivity index is 1.73. The molecule has 1 amide bonds. The number of nitrogens with zero attached hydrogens (tertiary/aromatic N) is 2. The minimum atomic E-state index is -0.310. The van der Waals surface area contributed by atoms with Crippen molar-refractivity contribution in [3.8, 4) is 17.1 Å². The number of hydrogen-bond donors (Lipinski definition) is 1. The van der Waals surface area contributed by atoms with Gasteiger partial charge >= 0.3 is 0 Å². The summed E-state index contributed by atoms with van der Waals surface area (Å²) in [5, 5.41) is 3.53. The monoisotopic (exact) mass is 359 g/mol. The SMILES string of the molecule is CCOc1ccc(-c2nsc(NC(=O)c3ccccc3Cl)n2)cc1. The Bertz CT molecular complexity index is 849. The fraction of sp³-hybridized carbons (Fsp3) is 0.118. The van der Waals surface area contributed by atoms with Crippen LogP contribution in [0.5, 0.6) is 5.75 Å². The van der Waals surface area contributed by atoms with Crippen LogP contribution in [-0.4, -0.2) is 21.9 Å². The van der Waals surface area contributed by atoms with E-state index in [2.05, 4.69) is 14.7 Å². The summed E-state index contributed by atoms with van der Waals surface area (Å²) in [5.41, 5.74) is 1.25. The summed E-state index contributed by atoms with van der Waals surface area (Å²) in [6, 6.07) is 14.3. The molecule has 0 aliphatic carbocycles. The van der Waals surface area contributed by atoms with Gasteiger partial charge in [0, 0.05) is 17.1 Å². The summed E-state index contributed by atoms with van der Waals surface area (Å²) in [7, 11) is 0. The molecule has 1 heterocycles. The molecule has 0 fully saturated rings. The number of nitrogens with one attached hydrogen (secondary N) is 1. The van der Waals surface area contributed by atoms with Gasteiger partial charge in [-0.3, -0.25) is 10.1 Å². The molecule has 0 saturated heterocycles. The van der Waals surface area contributed by atoms with Crippen molar-refractivity contribution < 1.29 is 9.53 Å². The van der Waals surface area contributed by atoms with Crippen molar-refractivity contribution in [3.63, 3.8) is 0 Å². The highest BCUT2D eigenvalue weighted by Gasteiger charge is 2.13. The fourth-order valence-electron chi connectivity index (χ4n) is 2.07. The number of amides is 1. The second kappa shape index (κ2) is 7.42. The Morgan fingerprint density at radius 3 is 2.67 bits per heavy atom. The lowest BCUT2D eigenvalue weighted by Crippen LogP contribution is -2.12. The Hall–Kier alpha value is -2.44. The number of benzene rings is 2. The second-order valence-corrected chi connectivity index (χ2v) is 5.97. The van der Waals surface area contributed by atoms with Crippen LogP contribution < -0.4 is 10.1 Å². The number of ether oxygens (including phenoxy) is 1. The third-order valence-electron chi connectivity index (χ3n) is 3.19. The van der Waals surface area contributed by atoms with Crippen LogP contribution in [-0.2, 0) is 0 Å². The number of hydrogen-bond acceptors (Lipinski definition) is 5. The molecule has 1 N–H and O–H groups in total. The van der Waals surface area contributed by atoms with E-state index in [-0.39, 0.29) is 5.91 Å². The first-order valence-corrected chi connectivity index (χ1v) is 8.45. The van der Waals surface area contributed by atoms with Crippen LogP contribution in [0.3, 0.4) is 0 Å². The van der Waals surface area contributed by atoms with E-state index >= 15 is 0 Å². The minimum Gasteiger partial charge on any atom is -0.494 e. The first kappa shape index (κ1) is 16.4. The molecule has 0 aliphatic heterocycles. The van der Waals surface area contributed by atoms with E-state index in [4.69, 9.17) is 16.3 Å². The zero-order valence-electron chi connectivity index (χ0n) is 12.8. The van der Waals surface area contributed by atoms with Crippen LogP contribution in [0.15, 0.2) is 48.5 Å². The second-order valence-electron chi connectivity index (χ2n) is 4.81. The molecule has 0 aliphatic rings. The van der Waals surface area contributed by atoms with Crippen molar-refractivity contribution in [2.75, 3.05) is 11.9 Å². The molecule has 24 heavy (non-hydrogen) atoms. The molecular formula is C17H14ClN3O2S. The van der Waals surface area contributed by atoms with Crippen molar-refractivity contribution in [2.45, 2.75) is 6.92 Å². The average Bonchev–Trinajstić information content (AvgIpc) is 3.04. The van der Waals surface area contributed by atoms with Crippen molar-refractivity contribution in [2.24, 2.45) is 0 Å². The zero-order chi connectivity index (χ0) is 16.9. The van der Waals surface area contributed by atoms with E-state index in [1.165, 1.54) is 0 Å². The van der Waals surface area contributed by atoms with Gasteiger partial charge in [0.05, 0.1) is 17.2 Å². The molecule has 0 radical (unpaired) electrons. The lowest BCUT2D eigenvalue weighted by Gasteiger charge is -2.03. The highest BCUT2D eigenvalue weighted by atomic mass is 35.5. The maximum absolute atomic E-state index is 12.2. The average molecular weight is 360 g/mol. The standard InChI is InChI=1S/C17H14ClN3O2S/c1-2-23-12-9-7-11(8-10-12)15-19-17(24-21-15)20-16(22)13-5-3-4-6-14(13)18/h3-10H,2H2,1H3,(H,19,20,21,22). The summed E-state index contributed by atoms with van der Waals surface area (Å²) in [6.07, 6.45) is 0. The molecule has 3 aromatic rings. The highest BCUT2D eigenvalue weighted by Crippen LogP contribution is 2.24. The van der Waals surface area contributed by atoms with Gasteiger partial charge in [-0.15, -0.1) is 0 Å². The molecule has 122 valence electrons. The van der Waals surface area contributed by atoms with E-state index in [1.54, 1.807) is 24.3 Å². The molecule has 0 atom stereocenters. The van der Waals surface area contributed by atoms with Crippen molar-refractivity contribution in [1.29, 1.82) is 0 Å². The molecule has 2 aromatic carbocycles. The molecule has 0 bridgehead atoms. The number of rotatable bonds is 5. The molecule has 7 heteroatoms. The van der Waals surface area contributed by atoms with Gasteiger partial charge in [-0.25, -0.2) is 0 Å². The van der Waals surface area contributed by atoms with E-state index in [0.29, 0.717) is 28.1 Å². The van der Waals surface area contributed by atoms with Crippen LogP contribution in [0, 0.1) is 0 Å². The number of carbonyl (C=O) groups excluding carboxylic acids is 1. The van der Waals surface area contributed by atoms with Gasteiger partial charge < -0.3 is 4.74 Å². The summed E-state index contributed by atoms with van der Waals surface area (Å²) < 4.78 is 9.68. The van der Waals surface area contributed by atoms with Crippen LogP contribution >= 0.6 is 23.1 Å². The number of halogens is 1. The number of anilines is 1. The molecular weight excluding hydrogens is 346 g/mol. The quantitative estimate of drug-likeness (QED) is 0.728. The van der Waals surface area contributed by atoms with Gasteiger partial charge in [0.1, 0.15) is 5.75 Å². The Labute approximate surface area is 148 Å². The molecule has 1 aromatic heterocycles. The van der Waals surface area contributed by atoms with Crippen LogP contribution in [0.4, 0.5) is 5.13 Å². The van der Waals surface area contributed by atoms with Gasteiger partial charge in [-0.2, -0.15) is 9.36 Å². The molecule has 0 spiro atoms. The first-order valence-electron chi connectivity index (χ1n) is 7.30. The summed E-state index contributed by atoms with van der Waals surface area (Å²) >= 11 is 7.14. The van der Waals surface area contributed by atoms with Crippen molar-refractivity contribution in [3.05, 3.63) is 59.1 Å². The van der Waals surface area contributed by atoms with Gasteiger partial charge in [-0.05, 0) is 43.3 Å². The minimum absolute atomic E-state index is 0.310. The van der Waals surface area contributed by atoms with E-state index in [9.17, 15) is 4.79 Å². The van der Waals surface area contributed by atoms with E-state index in [1.807, 2.05) is 31.2 Å². The molecule has 3 rings (SSSR count). The van der Waals surface area contributed by atoms with Gasteiger partial charge in [0.15, 0.2) is 5.82 Å². The van der Waals surface area contributed by atoms with Crippen molar-refractivity contribution in [1.82, 2.24) is 9.36 Å². The topological polar surface area (TPSA) is 64.1 Å². The number of carbonyl (C=O) groups is 1. The third-order valence-corrected chi connectivity index (χ3v) is 4.15.